The fraction of sp³-hybridized carbons (Fsp3) is 0.417. The average molecular weight is 286 g/mol. The Morgan fingerprint density at radius 2 is 2.11 bits per heavy atom. The first-order chi connectivity index (χ1) is 8.46. The zero-order chi connectivity index (χ0) is 13.4. The number of ether oxygens (including phenoxy) is 1. The molecule has 0 aromatic heterocycles. The molecule has 2 rings (SSSR count). The lowest BCUT2D eigenvalue weighted by molar-refractivity contribution is 0.164. The number of rotatable bonds is 4. The molecule has 0 aliphatic heterocycles. The molecule has 0 saturated heterocycles. The van der Waals surface area contributed by atoms with Crippen molar-refractivity contribution in [3.63, 3.8) is 0 Å². The van der Waals surface area contributed by atoms with Crippen molar-refractivity contribution in [1.82, 2.24) is 0 Å². The third-order valence-corrected chi connectivity index (χ3v) is 5.70. The molecule has 0 radical (unpaired) electrons. The van der Waals surface area contributed by atoms with Crippen LogP contribution < -0.4 is 0 Å². The summed E-state index contributed by atoms with van der Waals surface area (Å²) in [6, 6.07) is 8.04. The second-order valence-electron chi connectivity index (χ2n) is 4.39. The molecule has 4 nitrogen and oxygen atoms in total. The Balaban J connectivity index is 2.30. The van der Waals surface area contributed by atoms with Crippen molar-refractivity contribution in [2.24, 2.45) is 5.41 Å². The van der Waals surface area contributed by atoms with Gasteiger partial charge in [0.2, 0.25) is 0 Å². The quantitative estimate of drug-likeness (QED) is 0.849. The Morgan fingerprint density at radius 3 is 2.61 bits per heavy atom. The Bertz CT molecular complexity index is 591. The summed E-state index contributed by atoms with van der Waals surface area (Å²) in [4.78, 5) is 0.199. The van der Waals surface area contributed by atoms with Crippen LogP contribution in [0.5, 0.6) is 0 Å². The largest absolute Gasteiger partial charge is 0.383 e. The monoisotopic (exact) mass is 285 g/mol. The van der Waals surface area contributed by atoms with Crippen molar-refractivity contribution in [3.05, 3.63) is 29.3 Å². The summed E-state index contributed by atoms with van der Waals surface area (Å²) in [5.74, 6) is 0. The zero-order valence-corrected chi connectivity index (χ0v) is 11.3. The molecule has 0 heterocycles. The lowest BCUT2D eigenvalue weighted by Gasteiger charge is -2.08. The van der Waals surface area contributed by atoms with E-state index >= 15 is 0 Å². The Labute approximate surface area is 111 Å². The molecule has 1 fully saturated rings. The van der Waals surface area contributed by atoms with E-state index in [4.69, 9.17) is 21.6 Å². The molecule has 1 saturated carbocycles. The van der Waals surface area contributed by atoms with E-state index < -0.39 is 20.5 Å². The highest BCUT2D eigenvalue weighted by Crippen LogP contribution is 2.52. The minimum absolute atomic E-state index is 0.140. The van der Waals surface area contributed by atoms with Crippen molar-refractivity contribution in [1.29, 1.82) is 5.26 Å². The Hall–Kier alpha value is -1.09. The molecule has 1 aromatic rings. The third-order valence-electron chi connectivity index (χ3n) is 3.15. The van der Waals surface area contributed by atoms with Crippen molar-refractivity contribution < 1.29 is 13.2 Å². The summed E-state index contributed by atoms with van der Waals surface area (Å²) < 4.78 is 29.5. The van der Waals surface area contributed by atoms with Crippen LogP contribution in [0.4, 0.5) is 0 Å². The highest BCUT2D eigenvalue weighted by molar-refractivity contribution is 7.92. The van der Waals surface area contributed by atoms with Crippen molar-refractivity contribution in [2.75, 3.05) is 13.7 Å². The van der Waals surface area contributed by atoms with Gasteiger partial charge in [0.05, 0.1) is 28.2 Å². The van der Waals surface area contributed by atoms with Gasteiger partial charge in [0, 0.05) is 12.1 Å². The minimum Gasteiger partial charge on any atom is -0.383 e. The Kier molecular flexibility index (Phi) is 3.37. The number of benzene rings is 1. The molecule has 18 heavy (non-hydrogen) atoms. The molecule has 0 N–H and O–H groups in total. The zero-order valence-electron chi connectivity index (χ0n) is 9.76. The normalized spacial score (nSPS) is 26.6. The molecule has 2 atom stereocenters. The number of hydrogen-bond acceptors (Lipinski definition) is 4. The van der Waals surface area contributed by atoms with Gasteiger partial charge in [-0.25, -0.2) is 8.42 Å². The minimum atomic E-state index is -3.49. The van der Waals surface area contributed by atoms with Crippen LogP contribution >= 0.6 is 11.6 Å². The van der Waals surface area contributed by atoms with Crippen molar-refractivity contribution in [3.8, 4) is 6.07 Å². The van der Waals surface area contributed by atoms with Crippen LogP contribution in [0.25, 0.3) is 0 Å². The lowest BCUT2D eigenvalue weighted by atomic mass is 10.1. The maximum atomic E-state index is 12.3. The van der Waals surface area contributed by atoms with Gasteiger partial charge in [0.1, 0.15) is 0 Å². The highest BCUT2D eigenvalue weighted by Gasteiger charge is 2.62. The highest BCUT2D eigenvalue weighted by atomic mass is 35.5. The van der Waals surface area contributed by atoms with Crippen LogP contribution in [-0.4, -0.2) is 27.4 Å². The smallest absolute Gasteiger partial charge is 0.182 e. The fourth-order valence-electron chi connectivity index (χ4n) is 2.03. The predicted octanol–water partition coefficient (Wildman–Crippen LogP) is 2.04. The number of halogens is 1. The van der Waals surface area contributed by atoms with E-state index in [9.17, 15) is 8.42 Å². The molecule has 6 heteroatoms. The van der Waals surface area contributed by atoms with E-state index in [0.717, 1.165) is 0 Å². The van der Waals surface area contributed by atoms with Crippen molar-refractivity contribution >= 4 is 21.4 Å². The Morgan fingerprint density at radius 1 is 1.50 bits per heavy atom. The summed E-state index contributed by atoms with van der Waals surface area (Å²) in [5, 5.41) is 8.89. The van der Waals surface area contributed by atoms with Gasteiger partial charge in [-0.3, -0.25) is 0 Å². The van der Waals surface area contributed by atoms with E-state index in [0.29, 0.717) is 11.4 Å². The molecule has 0 bridgehead atoms. The van der Waals surface area contributed by atoms with E-state index in [1.54, 1.807) is 0 Å². The summed E-state index contributed by atoms with van der Waals surface area (Å²) in [7, 11) is -2.02. The van der Waals surface area contributed by atoms with Gasteiger partial charge in [-0.1, -0.05) is 11.6 Å². The van der Waals surface area contributed by atoms with E-state index in [2.05, 4.69) is 6.07 Å². The third kappa shape index (κ3) is 2.12. The maximum absolute atomic E-state index is 12.3. The van der Waals surface area contributed by atoms with Crippen LogP contribution in [0.2, 0.25) is 5.02 Å². The number of nitrogens with zero attached hydrogens (tertiary/aromatic N) is 1. The van der Waals surface area contributed by atoms with Gasteiger partial charge >= 0.3 is 0 Å². The predicted molar refractivity (Wildman–Crippen MR) is 67.0 cm³/mol. The van der Waals surface area contributed by atoms with Crippen LogP contribution in [0.1, 0.15) is 6.42 Å². The number of methoxy groups -OCH3 is 1. The van der Waals surface area contributed by atoms with Crippen LogP contribution in [0, 0.1) is 16.7 Å². The molecular formula is C12H12ClNO3S. The molecule has 0 amide bonds. The topological polar surface area (TPSA) is 67.2 Å². The molecule has 0 unspecified atom stereocenters. The standard InChI is InChI=1S/C12H12ClNO3S/c1-17-8-12(7-14)6-11(12)18(15,16)10-4-2-9(13)3-5-10/h2-5,11H,6,8H2,1H3/t11-,12+/m0/s1. The van der Waals surface area contributed by atoms with Gasteiger partial charge in [0.15, 0.2) is 9.84 Å². The molecule has 1 aliphatic carbocycles. The van der Waals surface area contributed by atoms with Crippen molar-refractivity contribution in [2.45, 2.75) is 16.6 Å². The molecule has 0 spiro atoms. The van der Waals surface area contributed by atoms with Gasteiger partial charge in [-0.2, -0.15) is 5.26 Å². The van der Waals surface area contributed by atoms with E-state index in [1.807, 2.05) is 0 Å². The van der Waals surface area contributed by atoms with E-state index in [1.165, 1.54) is 31.4 Å². The number of nitriles is 1. The fourth-order valence-corrected chi connectivity index (χ4v) is 4.23. The SMILES string of the molecule is COC[C@]1(C#N)C[C@@H]1S(=O)(=O)c1ccc(Cl)cc1. The van der Waals surface area contributed by atoms with E-state index in [-0.39, 0.29) is 11.5 Å². The van der Waals surface area contributed by atoms with Gasteiger partial charge < -0.3 is 4.74 Å². The van der Waals surface area contributed by atoms with Gasteiger partial charge in [-0.15, -0.1) is 0 Å². The van der Waals surface area contributed by atoms with Crippen LogP contribution in [-0.2, 0) is 14.6 Å². The second kappa shape index (κ2) is 4.54. The van der Waals surface area contributed by atoms with Crippen LogP contribution in [0.15, 0.2) is 29.2 Å². The summed E-state index contributed by atoms with van der Waals surface area (Å²) in [6.07, 6.45) is 0.322. The second-order valence-corrected chi connectivity index (χ2v) is 6.96. The summed E-state index contributed by atoms with van der Waals surface area (Å²) >= 11 is 5.72. The molecule has 1 aliphatic rings. The molecular weight excluding hydrogens is 274 g/mol. The first-order valence-electron chi connectivity index (χ1n) is 5.36. The van der Waals surface area contributed by atoms with Gasteiger partial charge in [-0.05, 0) is 30.7 Å². The number of hydrogen-bond donors (Lipinski definition) is 0. The molecule has 96 valence electrons. The summed E-state index contributed by atoms with van der Waals surface area (Å²) in [6.45, 7) is 0.140. The lowest BCUT2D eigenvalue weighted by Crippen LogP contribution is -2.19. The molecule has 1 aromatic carbocycles. The average Bonchev–Trinajstić information content (AvgIpc) is 3.06. The van der Waals surface area contributed by atoms with Gasteiger partial charge in [0.25, 0.3) is 0 Å². The first kappa shape index (κ1) is 13.3. The number of sulfone groups is 1. The summed E-state index contributed by atoms with van der Waals surface area (Å²) in [5.41, 5.74) is -0.896. The first-order valence-corrected chi connectivity index (χ1v) is 7.28. The van der Waals surface area contributed by atoms with Crippen LogP contribution in [0.3, 0.4) is 0 Å². The maximum Gasteiger partial charge on any atom is 0.182 e.